The van der Waals surface area contributed by atoms with Gasteiger partial charge in [-0.1, -0.05) is 12.5 Å². The van der Waals surface area contributed by atoms with Crippen LogP contribution < -0.4 is 0 Å². The second kappa shape index (κ2) is 9.44. The molecule has 0 aromatic heterocycles. The van der Waals surface area contributed by atoms with Gasteiger partial charge in [-0.05, 0) is 40.0 Å². The summed E-state index contributed by atoms with van der Waals surface area (Å²) in [7, 11) is 0. The number of ether oxygens (including phenoxy) is 1. The average Bonchev–Trinajstić information content (AvgIpc) is 3.05. The molecule has 2 atom stereocenters. The minimum atomic E-state index is -0.410. The first-order chi connectivity index (χ1) is 12.4. The van der Waals surface area contributed by atoms with Crippen molar-refractivity contribution in [3.05, 3.63) is 11.6 Å². The Hall–Kier alpha value is -1.50. The standard InChI is InChI=1S/C19H30N2O4S/c1-5-17-21(16(22)11-13(3)4)15(12-26-17)18(23)20-9-7-14(8-10-20)19(24)25-6-2/h11,14-15,17H,5-10,12H2,1-4H3. The van der Waals surface area contributed by atoms with Gasteiger partial charge in [0, 0.05) is 24.9 Å². The van der Waals surface area contributed by atoms with Crippen LogP contribution in [0.15, 0.2) is 11.6 Å². The number of likely N-dealkylation sites (tertiary alicyclic amines) is 1. The van der Waals surface area contributed by atoms with Gasteiger partial charge < -0.3 is 14.5 Å². The van der Waals surface area contributed by atoms with Crippen LogP contribution in [0.25, 0.3) is 0 Å². The molecule has 146 valence electrons. The molecular weight excluding hydrogens is 352 g/mol. The van der Waals surface area contributed by atoms with Crippen LogP contribution in [-0.4, -0.2) is 64.4 Å². The lowest BCUT2D eigenvalue weighted by Crippen LogP contribution is -2.52. The van der Waals surface area contributed by atoms with Crippen LogP contribution in [-0.2, 0) is 19.1 Å². The van der Waals surface area contributed by atoms with Gasteiger partial charge in [-0.15, -0.1) is 11.8 Å². The molecule has 2 unspecified atom stereocenters. The molecule has 2 heterocycles. The number of esters is 1. The fourth-order valence-electron chi connectivity index (χ4n) is 3.49. The summed E-state index contributed by atoms with van der Waals surface area (Å²) in [5.41, 5.74) is 0.934. The SMILES string of the molecule is CCOC(=O)C1CCN(C(=O)C2CSC(CC)N2C(=O)C=C(C)C)CC1. The number of carbonyl (C=O) groups is 3. The summed E-state index contributed by atoms with van der Waals surface area (Å²) in [5.74, 6) is 0.274. The summed E-state index contributed by atoms with van der Waals surface area (Å²) in [6.07, 6.45) is 3.69. The average molecular weight is 383 g/mol. The van der Waals surface area contributed by atoms with E-state index < -0.39 is 6.04 Å². The van der Waals surface area contributed by atoms with E-state index in [1.807, 2.05) is 25.7 Å². The third-order valence-electron chi connectivity index (χ3n) is 4.82. The maximum Gasteiger partial charge on any atom is 0.309 e. The summed E-state index contributed by atoms with van der Waals surface area (Å²) in [4.78, 5) is 41.1. The lowest BCUT2D eigenvalue weighted by Gasteiger charge is -2.35. The molecule has 26 heavy (non-hydrogen) atoms. The Labute approximate surface area is 160 Å². The molecule has 0 radical (unpaired) electrons. The van der Waals surface area contributed by atoms with Crippen molar-refractivity contribution in [2.75, 3.05) is 25.4 Å². The van der Waals surface area contributed by atoms with Gasteiger partial charge in [-0.3, -0.25) is 14.4 Å². The molecule has 0 aliphatic carbocycles. The van der Waals surface area contributed by atoms with Gasteiger partial charge >= 0.3 is 5.97 Å². The number of rotatable bonds is 5. The van der Waals surface area contributed by atoms with Gasteiger partial charge in [0.2, 0.25) is 11.8 Å². The Balaban J connectivity index is 2.03. The van der Waals surface area contributed by atoms with E-state index in [1.165, 1.54) is 0 Å². The molecule has 0 saturated carbocycles. The van der Waals surface area contributed by atoms with Crippen LogP contribution in [0.3, 0.4) is 0 Å². The highest BCUT2D eigenvalue weighted by Gasteiger charge is 2.42. The quantitative estimate of drug-likeness (QED) is 0.540. The van der Waals surface area contributed by atoms with Gasteiger partial charge in [0.25, 0.3) is 0 Å². The van der Waals surface area contributed by atoms with Crippen LogP contribution in [0, 0.1) is 5.92 Å². The van der Waals surface area contributed by atoms with E-state index in [2.05, 4.69) is 0 Å². The van der Waals surface area contributed by atoms with Crippen molar-refractivity contribution in [1.82, 2.24) is 9.80 Å². The molecule has 0 N–H and O–H groups in total. The molecular formula is C19H30N2O4S. The van der Waals surface area contributed by atoms with Gasteiger partial charge in [0.1, 0.15) is 6.04 Å². The highest BCUT2D eigenvalue weighted by Crippen LogP contribution is 2.33. The highest BCUT2D eigenvalue weighted by atomic mass is 32.2. The Morgan fingerprint density at radius 2 is 1.81 bits per heavy atom. The van der Waals surface area contributed by atoms with Crippen LogP contribution in [0.5, 0.6) is 0 Å². The van der Waals surface area contributed by atoms with Gasteiger partial charge in [-0.25, -0.2) is 0 Å². The zero-order valence-corrected chi connectivity index (χ0v) is 17.0. The maximum atomic E-state index is 13.0. The first-order valence-electron chi connectivity index (χ1n) is 9.43. The Bertz CT molecular complexity index is 566. The number of amides is 2. The monoisotopic (exact) mass is 382 g/mol. The van der Waals surface area contributed by atoms with E-state index in [-0.39, 0.29) is 29.1 Å². The van der Waals surface area contributed by atoms with E-state index in [0.717, 1.165) is 12.0 Å². The van der Waals surface area contributed by atoms with Crippen LogP contribution in [0.1, 0.15) is 47.0 Å². The van der Waals surface area contributed by atoms with E-state index in [9.17, 15) is 14.4 Å². The van der Waals surface area contributed by atoms with Crippen molar-refractivity contribution >= 4 is 29.5 Å². The number of nitrogens with zero attached hydrogens (tertiary/aromatic N) is 2. The van der Waals surface area contributed by atoms with E-state index in [0.29, 0.717) is 38.3 Å². The molecule has 7 heteroatoms. The molecule has 2 saturated heterocycles. The molecule has 0 aromatic rings. The number of hydrogen-bond donors (Lipinski definition) is 0. The Morgan fingerprint density at radius 3 is 2.35 bits per heavy atom. The fraction of sp³-hybridized carbons (Fsp3) is 0.737. The largest absolute Gasteiger partial charge is 0.466 e. The predicted octanol–water partition coefficient (Wildman–Crippen LogP) is 2.43. The predicted molar refractivity (Wildman–Crippen MR) is 103 cm³/mol. The molecule has 0 spiro atoms. The summed E-state index contributed by atoms with van der Waals surface area (Å²) in [5, 5.41) is 0.0455. The molecule has 6 nitrogen and oxygen atoms in total. The van der Waals surface area contributed by atoms with Crippen molar-refractivity contribution in [1.29, 1.82) is 0 Å². The number of hydrogen-bond acceptors (Lipinski definition) is 5. The molecule has 2 fully saturated rings. The molecule has 2 aliphatic heterocycles. The minimum absolute atomic E-state index is 0.00580. The van der Waals surface area contributed by atoms with Crippen LogP contribution in [0.4, 0.5) is 0 Å². The third-order valence-corrected chi connectivity index (χ3v) is 6.27. The normalized spacial score (nSPS) is 23.7. The topological polar surface area (TPSA) is 66.9 Å². The number of carbonyl (C=O) groups excluding carboxylic acids is 3. The summed E-state index contributed by atoms with van der Waals surface area (Å²) < 4.78 is 5.09. The second-order valence-corrected chi connectivity index (χ2v) is 8.24. The van der Waals surface area contributed by atoms with Gasteiger partial charge in [-0.2, -0.15) is 0 Å². The lowest BCUT2D eigenvalue weighted by atomic mass is 9.96. The zero-order valence-electron chi connectivity index (χ0n) is 16.2. The Kier molecular flexibility index (Phi) is 7.55. The smallest absolute Gasteiger partial charge is 0.309 e. The third kappa shape index (κ3) is 4.81. The second-order valence-electron chi connectivity index (χ2n) is 7.03. The molecule has 0 aromatic carbocycles. The minimum Gasteiger partial charge on any atom is -0.466 e. The number of piperidine rings is 1. The first kappa shape index (κ1) is 20.8. The molecule has 2 aliphatic rings. The van der Waals surface area contributed by atoms with E-state index in [1.54, 1.807) is 29.7 Å². The van der Waals surface area contributed by atoms with Crippen molar-refractivity contribution < 1.29 is 19.1 Å². The van der Waals surface area contributed by atoms with Gasteiger partial charge in [0.05, 0.1) is 17.9 Å². The van der Waals surface area contributed by atoms with E-state index >= 15 is 0 Å². The zero-order chi connectivity index (χ0) is 19.3. The number of thioether (sulfide) groups is 1. The first-order valence-corrected chi connectivity index (χ1v) is 10.5. The van der Waals surface area contributed by atoms with Gasteiger partial charge in [0.15, 0.2) is 0 Å². The van der Waals surface area contributed by atoms with Crippen molar-refractivity contribution in [3.63, 3.8) is 0 Å². The number of allylic oxidation sites excluding steroid dienone is 1. The molecule has 0 bridgehead atoms. The molecule has 2 amide bonds. The van der Waals surface area contributed by atoms with Crippen molar-refractivity contribution in [2.45, 2.75) is 58.4 Å². The highest BCUT2D eigenvalue weighted by molar-refractivity contribution is 8.00. The van der Waals surface area contributed by atoms with Crippen molar-refractivity contribution in [3.8, 4) is 0 Å². The van der Waals surface area contributed by atoms with E-state index in [4.69, 9.17) is 4.74 Å². The fourth-order valence-corrected chi connectivity index (χ4v) is 4.85. The maximum absolute atomic E-state index is 13.0. The molecule has 2 rings (SSSR count). The van der Waals surface area contributed by atoms with Crippen molar-refractivity contribution in [2.24, 2.45) is 5.92 Å². The lowest BCUT2D eigenvalue weighted by molar-refractivity contribution is -0.152. The Morgan fingerprint density at radius 1 is 1.15 bits per heavy atom. The van der Waals surface area contributed by atoms with Crippen LogP contribution in [0.2, 0.25) is 0 Å². The summed E-state index contributed by atoms with van der Waals surface area (Å²) in [6.45, 7) is 9.10. The summed E-state index contributed by atoms with van der Waals surface area (Å²) in [6, 6.07) is -0.410. The summed E-state index contributed by atoms with van der Waals surface area (Å²) >= 11 is 1.67. The van der Waals surface area contributed by atoms with Crippen LogP contribution >= 0.6 is 11.8 Å².